The standard InChI is InChI=1S/C24H26ClN7S/c25-19-9-11-20(12-10-19)33-21-8-2-1-7-18(21)17-26-30-22-27-23(31-13-3-4-14-31)29-24(28-22)32-15-5-6-16-32/h1-2,7-12,17H,3-6,13-16H2,(H,27,28,29,30)/b26-17-. The molecule has 0 spiro atoms. The van der Waals surface area contributed by atoms with Crippen LogP contribution in [0.2, 0.25) is 5.02 Å². The van der Waals surface area contributed by atoms with Crippen LogP contribution in [0.4, 0.5) is 17.8 Å². The van der Waals surface area contributed by atoms with Crippen LogP contribution in [0.3, 0.4) is 0 Å². The van der Waals surface area contributed by atoms with Gasteiger partial charge in [0.1, 0.15) is 0 Å². The van der Waals surface area contributed by atoms with E-state index in [1.165, 1.54) is 25.7 Å². The van der Waals surface area contributed by atoms with Gasteiger partial charge in [-0.05, 0) is 56.0 Å². The molecule has 5 rings (SSSR count). The molecular weight excluding hydrogens is 454 g/mol. The van der Waals surface area contributed by atoms with E-state index in [0.717, 1.165) is 58.5 Å². The summed E-state index contributed by atoms with van der Waals surface area (Å²) in [5, 5.41) is 5.20. The first-order chi connectivity index (χ1) is 16.2. The van der Waals surface area contributed by atoms with E-state index < -0.39 is 0 Å². The number of rotatable bonds is 7. The molecule has 3 aromatic rings. The molecule has 2 saturated heterocycles. The summed E-state index contributed by atoms with van der Waals surface area (Å²) in [4.78, 5) is 20.7. The highest BCUT2D eigenvalue weighted by atomic mass is 35.5. The minimum Gasteiger partial charge on any atom is -0.341 e. The van der Waals surface area contributed by atoms with Crippen molar-refractivity contribution in [3.05, 3.63) is 59.1 Å². The molecular formula is C24H26ClN7S. The van der Waals surface area contributed by atoms with Gasteiger partial charge in [0.15, 0.2) is 0 Å². The first-order valence-corrected chi connectivity index (χ1v) is 12.5. The maximum atomic E-state index is 6.02. The zero-order valence-electron chi connectivity index (χ0n) is 18.3. The topological polar surface area (TPSA) is 69.5 Å². The van der Waals surface area contributed by atoms with E-state index >= 15 is 0 Å². The average molecular weight is 480 g/mol. The van der Waals surface area contributed by atoms with Gasteiger partial charge in [-0.25, -0.2) is 5.43 Å². The monoisotopic (exact) mass is 479 g/mol. The first kappa shape index (κ1) is 22.0. The smallest absolute Gasteiger partial charge is 0.250 e. The van der Waals surface area contributed by atoms with Gasteiger partial charge < -0.3 is 9.80 Å². The van der Waals surface area contributed by atoms with Gasteiger partial charge in [0.25, 0.3) is 0 Å². The zero-order chi connectivity index (χ0) is 22.5. The molecule has 2 aliphatic rings. The van der Waals surface area contributed by atoms with Crippen LogP contribution >= 0.6 is 23.4 Å². The van der Waals surface area contributed by atoms with Gasteiger partial charge in [-0.2, -0.15) is 20.1 Å². The summed E-state index contributed by atoms with van der Waals surface area (Å²) < 4.78 is 0. The third-order valence-electron chi connectivity index (χ3n) is 5.72. The maximum Gasteiger partial charge on any atom is 0.250 e. The molecule has 7 nitrogen and oxygen atoms in total. The molecule has 0 radical (unpaired) electrons. The lowest BCUT2D eigenvalue weighted by atomic mass is 10.2. The fraction of sp³-hybridized carbons (Fsp3) is 0.333. The molecule has 2 fully saturated rings. The third-order valence-corrected chi connectivity index (χ3v) is 7.07. The number of hydrogen-bond donors (Lipinski definition) is 1. The lowest BCUT2D eigenvalue weighted by Crippen LogP contribution is -2.25. The van der Waals surface area contributed by atoms with Crippen molar-refractivity contribution >= 4 is 47.4 Å². The van der Waals surface area contributed by atoms with Crippen LogP contribution in [-0.4, -0.2) is 47.3 Å². The van der Waals surface area contributed by atoms with Gasteiger partial charge in [-0.1, -0.05) is 41.6 Å². The molecule has 170 valence electrons. The minimum atomic E-state index is 0.480. The van der Waals surface area contributed by atoms with E-state index in [2.05, 4.69) is 36.4 Å². The van der Waals surface area contributed by atoms with Crippen LogP contribution < -0.4 is 15.2 Å². The predicted octanol–water partition coefficient (Wildman–Crippen LogP) is 5.32. The second-order valence-corrected chi connectivity index (χ2v) is 9.66. The zero-order valence-corrected chi connectivity index (χ0v) is 19.9. The van der Waals surface area contributed by atoms with Crippen molar-refractivity contribution in [1.82, 2.24) is 15.0 Å². The van der Waals surface area contributed by atoms with Crippen molar-refractivity contribution in [2.75, 3.05) is 41.4 Å². The summed E-state index contributed by atoms with van der Waals surface area (Å²) in [6.45, 7) is 3.95. The number of halogens is 1. The summed E-state index contributed by atoms with van der Waals surface area (Å²) in [6, 6.07) is 16.0. The maximum absolute atomic E-state index is 6.02. The van der Waals surface area contributed by atoms with E-state index in [1.807, 2.05) is 48.7 Å². The molecule has 2 aromatic carbocycles. The van der Waals surface area contributed by atoms with Crippen LogP contribution in [-0.2, 0) is 0 Å². The fourth-order valence-corrected chi connectivity index (χ4v) is 5.03. The summed E-state index contributed by atoms with van der Waals surface area (Å²) in [7, 11) is 0. The number of hydrogen-bond acceptors (Lipinski definition) is 8. The number of nitrogens with one attached hydrogen (secondary N) is 1. The number of nitrogens with zero attached hydrogens (tertiary/aromatic N) is 6. The molecule has 2 aliphatic heterocycles. The molecule has 0 saturated carbocycles. The molecule has 9 heteroatoms. The van der Waals surface area contributed by atoms with Gasteiger partial charge in [0.05, 0.1) is 6.21 Å². The molecule has 1 aromatic heterocycles. The molecule has 3 heterocycles. The number of anilines is 3. The normalized spacial score (nSPS) is 16.2. The Morgan fingerprint density at radius 2 is 1.42 bits per heavy atom. The SMILES string of the molecule is Clc1ccc(Sc2ccccc2/C=N\Nc2nc(N3CCCC3)nc(N3CCCC3)n2)cc1. The van der Waals surface area contributed by atoms with Crippen LogP contribution in [0.25, 0.3) is 0 Å². The predicted molar refractivity (Wildman–Crippen MR) is 136 cm³/mol. The summed E-state index contributed by atoms with van der Waals surface area (Å²) in [6.07, 6.45) is 6.51. The molecule has 0 aliphatic carbocycles. The van der Waals surface area contributed by atoms with Crippen molar-refractivity contribution < 1.29 is 0 Å². The van der Waals surface area contributed by atoms with Crippen molar-refractivity contribution in [3.8, 4) is 0 Å². The van der Waals surface area contributed by atoms with E-state index in [0.29, 0.717) is 5.95 Å². The van der Waals surface area contributed by atoms with Crippen LogP contribution in [0, 0.1) is 0 Å². The van der Waals surface area contributed by atoms with Gasteiger partial charge >= 0.3 is 0 Å². The lowest BCUT2D eigenvalue weighted by Gasteiger charge is -2.20. The van der Waals surface area contributed by atoms with Crippen molar-refractivity contribution in [3.63, 3.8) is 0 Å². The molecule has 0 bridgehead atoms. The summed E-state index contributed by atoms with van der Waals surface area (Å²) >= 11 is 7.69. The highest BCUT2D eigenvalue weighted by molar-refractivity contribution is 7.99. The Balaban J connectivity index is 1.34. The summed E-state index contributed by atoms with van der Waals surface area (Å²) in [5.41, 5.74) is 4.06. The first-order valence-electron chi connectivity index (χ1n) is 11.3. The summed E-state index contributed by atoms with van der Waals surface area (Å²) in [5.74, 6) is 1.95. The number of aromatic nitrogens is 3. The van der Waals surface area contributed by atoms with Crippen LogP contribution in [0.5, 0.6) is 0 Å². The van der Waals surface area contributed by atoms with Crippen molar-refractivity contribution in [2.45, 2.75) is 35.5 Å². The average Bonchev–Trinajstić information content (AvgIpc) is 3.56. The number of hydrazone groups is 1. The quantitative estimate of drug-likeness (QED) is 0.363. The molecule has 0 amide bonds. The lowest BCUT2D eigenvalue weighted by molar-refractivity contribution is 0.838. The van der Waals surface area contributed by atoms with E-state index in [1.54, 1.807) is 11.8 Å². The van der Waals surface area contributed by atoms with E-state index in [9.17, 15) is 0 Å². The second kappa shape index (κ2) is 10.4. The highest BCUT2D eigenvalue weighted by Gasteiger charge is 2.21. The molecule has 0 atom stereocenters. The van der Waals surface area contributed by atoms with Gasteiger partial charge in [0.2, 0.25) is 17.8 Å². The Kier molecular flexibility index (Phi) is 6.92. The van der Waals surface area contributed by atoms with Crippen molar-refractivity contribution in [1.29, 1.82) is 0 Å². The minimum absolute atomic E-state index is 0.480. The van der Waals surface area contributed by atoms with Crippen LogP contribution in [0.1, 0.15) is 31.2 Å². The molecule has 1 N–H and O–H groups in total. The highest BCUT2D eigenvalue weighted by Crippen LogP contribution is 2.30. The fourth-order valence-electron chi connectivity index (χ4n) is 3.99. The Morgan fingerprint density at radius 3 is 2.06 bits per heavy atom. The van der Waals surface area contributed by atoms with Gasteiger partial charge in [-0.15, -0.1) is 0 Å². The van der Waals surface area contributed by atoms with Gasteiger partial charge in [0, 0.05) is 46.6 Å². The Hall–Kier alpha value is -2.84. The molecule has 33 heavy (non-hydrogen) atoms. The van der Waals surface area contributed by atoms with Crippen molar-refractivity contribution in [2.24, 2.45) is 5.10 Å². The molecule has 0 unspecified atom stereocenters. The Labute approximate surface area is 203 Å². The Bertz CT molecular complexity index is 1080. The second-order valence-electron chi connectivity index (χ2n) is 8.11. The largest absolute Gasteiger partial charge is 0.341 e. The van der Waals surface area contributed by atoms with Gasteiger partial charge in [-0.3, -0.25) is 0 Å². The van der Waals surface area contributed by atoms with E-state index in [4.69, 9.17) is 16.6 Å². The Morgan fingerprint density at radius 1 is 0.818 bits per heavy atom. The number of benzene rings is 2. The third kappa shape index (κ3) is 5.57. The van der Waals surface area contributed by atoms with Crippen LogP contribution in [0.15, 0.2) is 63.4 Å². The van der Waals surface area contributed by atoms with E-state index in [-0.39, 0.29) is 0 Å².